The van der Waals surface area contributed by atoms with Gasteiger partial charge in [-0.3, -0.25) is 4.99 Å². The first-order valence-corrected chi connectivity index (χ1v) is 9.13. The Morgan fingerprint density at radius 1 is 0.964 bits per heavy atom. The molecule has 0 amide bonds. The molecule has 1 aliphatic heterocycles. The molecule has 0 saturated heterocycles. The van der Waals surface area contributed by atoms with Gasteiger partial charge in [-0.1, -0.05) is 24.3 Å². The number of aliphatic imine (C=N–C) groups is 1. The van der Waals surface area contributed by atoms with Crippen molar-refractivity contribution in [2.75, 3.05) is 4.90 Å². The van der Waals surface area contributed by atoms with E-state index in [1.165, 1.54) is 23.3 Å². The first-order valence-electron chi connectivity index (χ1n) is 9.13. The number of aromatic amines is 1. The Morgan fingerprint density at radius 2 is 1.68 bits per heavy atom. The van der Waals surface area contributed by atoms with Gasteiger partial charge in [-0.15, -0.1) is 0 Å². The molecule has 0 spiro atoms. The van der Waals surface area contributed by atoms with Crippen LogP contribution in [0.3, 0.4) is 0 Å². The maximum atomic E-state index is 13.3. The van der Waals surface area contributed by atoms with E-state index in [2.05, 4.69) is 51.3 Å². The fraction of sp³-hybridized carbons (Fsp3) is 0.0870. The Kier molecular flexibility index (Phi) is 3.86. The molecule has 0 aliphatic carbocycles. The molecule has 1 aliphatic rings. The van der Waals surface area contributed by atoms with Crippen molar-refractivity contribution in [1.82, 2.24) is 4.98 Å². The van der Waals surface area contributed by atoms with Crippen LogP contribution < -0.4 is 4.90 Å². The fourth-order valence-corrected chi connectivity index (χ4v) is 3.71. The molecule has 0 fully saturated rings. The molecule has 5 heteroatoms. The third kappa shape index (κ3) is 2.91. The van der Waals surface area contributed by atoms with Crippen LogP contribution in [0.1, 0.15) is 16.7 Å². The van der Waals surface area contributed by atoms with Crippen LogP contribution in [-0.4, -0.2) is 16.3 Å². The third-order valence-electron chi connectivity index (χ3n) is 5.18. The maximum Gasteiger partial charge on any atom is 0.198 e. The Balaban J connectivity index is 1.37. The molecule has 0 unspecified atom stereocenters. The summed E-state index contributed by atoms with van der Waals surface area (Å²) in [5.74, 6) is -0.368. The first kappa shape index (κ1) is 16.6. The van der Waals surface area contributed by atoms with E-state index in [9.17, 15) is 9.50 Å². The van der Waals surface area contributed by atoms with E-state index in [0.717, 1.165) is 29.9 Å². The Labute approximate surface area is 161 Å². The summed E-state index contributed by atoms with van der Waals surface area (Å²) in [5.41, 5.74) is 5.78. The van der Waals surface area contributed by atoms with Gasteiger partial charge in [0.1, 0.15) is 5.82 Å². The molecule has 5 rings (SSSR count). The summed E-state index contributed by atoms with van der Waals surface area (Å²) in [7, 11) is 0. The Hall–Kier alpha value is -3.60. The van der Waals surface area contributed by atoms with Crippen LogP contribution in [0.2, 0.25) is 0 Å². The van der Waals surface area contributed by atoms with Gasteiger partial charge in [0.15, 0.2) is 5.88 Å². The van der Waals surface area contributed by atoms with Crippen molar-refractivity contribution in [3.63, 3.8) is 0 Å². The molecule has 2 N–H and O–H groups in total. The van der Waals surface area contributed by atoms with E-state index in [1.807, 2.05) is 12.1 Å². The molecular weight excluding hydrogens is 353 g/mol. The molecule has 1 aromatic heterocycles. The number of hydrogen-bond acceptors (Lipinski definition) is 3. The number of fused-ring (bicyclic) bond motifs is 2. The average Bonchev–Trinajstić information content (AvgIpc) is 3.27. The van der Waals surface area contributed by atoms with Gasteiger partial charge in [0, 0.05) is 30.4 Å². The lowest BCUT2D eigenvalue weighted by atomic mass is 10.1. The lowest BCUT2D eigenvalue weighted by Gasteiger charge is -2.17. The average molecular weight is 371 g/mol. The summed E-state index contributed by atoms with van der Waals surface area (Å²) in [5, 5.41) is 10.8. The highest BCUT2D eigenvalue weighted by Gasteiger charge is 2.18. The summed E-state index contributed by atoms with van der Waals surface area (Å²) in [6.07, 6.45) is 1.60. The third-order valence-corrected chi connectivity index (χ3v) is 5.18. The van der Waals surface area contributed by atoms with Crippen LogP contribution >= 0.6 is 0 Å². The van der Waals surface area contributed by atoms with E-state index in [4.69, 9.17) is 0 Å². The Morgan fingerprint density at radius 3 is 2.39 bits per heavy atom. The molecule has 0 radical (unpaired) electrons. The van der Waals surface area contributed by atoms with Gasteiger partial charge in [-0.2, -0.15) is 0 Å². The number of rotatable bonds is 3. The highest BCUT2D eigenvalue weighted by molar-refractivity contribution is 6.02. The highest BCUT2D eigenvalue weighted by Crippen LogP contribution is 2.30. The summed E-state index contributed by atoms with van der Waals surface area (Å²) in [4.78, 5) is 9.58. The van der Waals surface area contributed by atoms with Gasteiger partial charge in [0.2, 0.25) is 0 Å². The number of hydrogen-bond donors (Lipinski definition) is 2. The zero-order chi connectivity index (χ0) is 19.1. The summed E-state index contributed by atoms with van der Waals surface area (Å²) in [6.45, 7) is 1.83. The minimum Gasteiger partial charge on any atom is -0.494 e. The van der Waals surface area contributed by atoms with Crippen molar-refractivity contribution in [1.29, 1.82) is 0 Å². The normalized spacial score (nSPS) is 13.5. The lowest BCUT2D eigenvalue weighted by Crippen LogP contribution is -2.13. The van der Waals surface area contributed by atoms with Gasteiger partial charge >= 0.3 is 0 Å². The monoisotopic (exact) mass is 371 g/mol. The quantitative estimate of drug-likeness (QED) is 0.481. The van der Waals surface area contributed by atoms with Gasteiger partial charge in [0.05, 0.1) is 16.8 Å². The van der Waals surface area contributed by atoms with E-state index < -0.39 is 0 Å². The number of nitrogens with one attached hydrogen (secondary N) is 1. The molecule has 0 saturated carbocycles. The molecule has 4 aromatic rings. The molecule has 0 atom stereocenters. The van der Waals surface area contributed by atoms with Crippen molar-refractivity contribution < 1.29 is 9.50 Å². The number of halogens is 1. The number of anilines is 1. The van der Waals surface area contributed by atoms with Crippen LogP contribution in [0.5, 0.6) is 5.88 Å². The topological polar surface area (TPSA) is 51.6 Å². The van der Waals surface area contributed by atoms with Gasteiger partial charge in [-0.05, 0) is 53.6 Å². The molecule has 4 nitrogen and oxygen atoms in total. The van der Waals surface area contributed by atoms with Crippen LogP contribution in [-0.2, 0) is 13.1 Å². The number of benzene rings is 3. The number of H-pyrrole nitrogens is 1. The SMILES string of the molecule is Oc1[nH]c2cc(F)ccc2c1C=Nc1ccc(N2Cc3ccccc3C2)cc1. The molecule has 0 bridgehead atoms. The minimum absolute atomic E-state index is 0.0178. The summed E-state index contributed by atoms with van der Waals surface area (Å²) >= 11 is 0. The van der Waals surface area contributed by atoms with Crippen LogP contribution in [0.25, 0.3) is 10.9 Å². The fourth-order valence-electron chi connectivity index (χ4n) is 3.71. The summed E-state index contributed by atoms with van der Waals surface area (Å²) < 4.78 is 13.3. The van der Waals surface area contributed by atoms with E-state index in [0.29, 0.717) is 11.1 Å². The van der Waals surface area contributed by atoms with Gasteiger partial charge in [-0.25, -0.2) is 4.39 Å². The van der Waals surface area contributed by atoms with Gasteiger partial charge < -0.3 is 15.0 Å². The second kappa shape index (κ2) is 6.53. The lowest BCUT2D eigenvalue weighted by molar-refractivity contribution is 0.457. The number of aromatic nitrogens is 1. The van der Waals surface area contributed by atoms with Crippen LogP contribution in [0.15, 0.2) is 71.7 Å². The van der Waals surface area contributed by atoms with Crippen molar-refractivity contribution >= 4 is 28.5 Å². The van der Waals surface area contributed by atoms with Crippen molar-refractivity contribution in [3.05, 3.63) is 89.2 Å². The molecule has 3 aromatic carbocycles. The molecule has 138 valence electrons. The maximum absolute atomic E-state index is 13.3. The smallest absolute Gasteiger partial charge is 0.198 e. The predicted octanol–water partition coefficient (Wildman–Crippen LogP) is 5.28. The summed E-state index contributed by atoms with van der Waals surface area (Å²) in [6, 6.07) is 20.9. The zero-order valence-electron chi connectivity index (χ0n) is 15.1. The van der Waals surface area contributed by atoms with E-state index in [1.54, 1.807) is 12.3 Å². The van der Waals surface area contributed by atoms with Gasteiger partial charge in [0.25, 0.3) is 0 Å². The van der Waals surface area contributed by atoms with Crippen LogP contribution in [0, 0.1) is 5.82 Å². The van der Waals surface area contributed by atoms with Crippen molar-refractivity contribution in [3.8, 4) is 5.88 Å². The molecular formula is C23H18FN3O. The standard InChI is InChI=1S/C23H18FN3O/c24-17-5-10-20-21(23(28)26-22(20)11-17)12-25-18-6-8-19(9-7-18)27-13-15-3-1-2-4-16(15)14-27/h1-12,26,28H,13-14H2. The number of aromatic hydroxyl groups is 1. The largest absolute Gasteiger partial charge is 0.494 e. The number of nitrogens with zero attached hydrogens (tertiary/aromatic N) is 2. The van der Waals surface area contributed by atoms with E-state index >= 15 is 0 Å². The molecule has 28 heavy (non-hydrogen) atoms. The first-order chi connectivity index (χ1) is 13.7. The molecule has 2 heterocycles. The van der Waals surface area contributed by atoms with Crippen molar-refractivity contribution in [2.45, 2.75) is 13.1 Å². The Bertz CT molecular complexity index is 1170. The minimum atomic E-state index is -0.350. The second-order valence-electron chi connectivity index (χ2n) is 6.98. The van der Waals surface area contributed by atoms with Crippen LogP contribution in [0.4, 0.5) is 15.8 Å². The predicted molar refractivity (Wildman–Crippen MR) is 110 cm³/mol. The van der Waals surface area contributed by atoms with E-state index in [-0.39, 0.29) is 11.7 Å². The second-order valence-corrected chi connectivity index (χ2v) is 6.98. The highest BCUT2D eigenvalue weighted by atomic mass is 19.1. The zero-order valence-corrected chi connectivity index (χ0v) is 15.1. The van der Waals surface area contributed by atoms with Crippen molar-refractivity contribution in [2.24, 2.45) is 4.99 Å².